The van der Waals surface area contributed by atoms with Gasteiger partial charge in [0.25, 0.3) is 0 Å². The van der Waals surface area contributed by atoms with Crippen LogP contribution in [0, 0.1) is 20.8 Å². The van der Waals surface area contributed by atoms with Crippen molar-refractivity contribution in [2.24, 2.45) is 0 Å². The lowest BCUT2D eigenvalue weighted by atomic mass is 10.2. The molecular formula is C12H19ClN2S. The van der Waals surface area contributed by atoms with E-state index in [4.69, 9.17) is 11.6 Å². The Bertz CT molecular complexity index is 319. The molecule has 4 heteroatoms. The predicted octanol–water partition coefficient (Wildman–Crippen LogP) is 3.90. The number of hydrogen-bond donors (Lipinski definition) is 0. The number of hydrogen-bond acceptors (Lipinski definition) is 3. The first kappa shape index (κ1) is 13.8. The third-order valence-corrected chi connectivity index (χ3v) is 3.82. The maximum absolute atomic E-state index is 5.62. The number of nitrogens with zero attached hydrogens (tertiary/aromatic N) is 2. The fourth-order valence-electron chi connectivity index (χ4n) is 1.34. The number of rotatable bonds is 6. The molecule has 1 heterocycles. The van der Waals surface area contributed by atoms with E-state index in [2.05, 4.69) is 16.9 Å². The van der Waals surface area contributed by atoms with E-state index < -0.39 is 0 Å². The molecule has 1 aromatic heterocycles. The van der Waals surface area contributed by atoms with Crippen LogP contribution in [0.15, 0.2) is 5.16 Å². The molecule has 1 rings (SSSR count). The normalized spacial score (nSPS) is 10.8. The molecule has 0 fully saturated rings. The summed E-state index contributed by atoms with van der Waals surface area (Å²) in [5.74, 6) is 1.85. The van der Waals surface area contributed by atoms with Crippen molar-refractivity contribution in [1.82, 2.24) is 9.97 Å². The van der Waals surface area contributed by atoms with Crippen LogP contribution in [-0.4, -0.2) is 21.6 Å². The molecule has 0 spiro atoms. The van der Waals surface area contributed by atoms with Crippen LogP contribution in [0.1, 0.15) is 36.2 Å². The van der Waals surface area contributed by atoms with Crippen LogP contribution in [0.4, 0.5) is 0 Å². The number of aromatic nitrogens is 2. The molecule has 0 N–H and O–H groups in total. The average Bonchev–Trinajstić information content (AvgIpc) is 2.25. The van der Waals surface area contributed by atoms with E-state index in [0.29, 0.717) is 0 Å². The Morgan fingerprint density at radius 3 is 2.19 bits per heavy atom. The van der Waals surface area contributed by atoms with Gasteiger partial charge in [-0.25, -0.2) is 9.97 Å². The van der Waals surface area contributed by atoms with Gasteiger partial charge < -0.3 is 0 Å². The van der Waals surface area contributed by atoms with Gasteiger partial charge in [-0.05, 0) is 39.2 Å². The molecular weight excluding hydrogens is 240 g/mol. The molecule has 0 bridgehead atoms. The summed E-state index contributed by atoms with van der Waals surface area (Å²) in [5.41, 5.74) is 3.39. The van der Waals surface area contributed by atoms with Crippen molar-refractivity contribution in [3.8, 4) is 0 Å². The fraction of sp³-hybridized carbons (Fsp3) is 0.667. The van der Waals surface area contributed by atoms with Gasteiger partial charge in [0.05, 0.1) is 0 Å². The largest absolute Gasteiger partial charge is 0.228 e. The molecule has 1 aromatic rings. The van der Waals surface area contributed by atoms with Gasteiger partial charge in [-0.1, -0.05) is 18.2 Å². The zero-order chi connectivity index (χ0) is 12.0. The van der Waals surface area contributed by atoms with E-state index in [-0.39, 0.29) is 0 Å². The predicted molar refractivity (Wildman–Crippen MR) is 71.5 cm³/mol. The summed E-state index contributed by atoms with van der Waals surface area (Å²) < 4.78 is 0. The van der Waals surface area contributed by atoms with Crippen molar-refractivity contribution in [3.05, 3.63) is 17.0 Å². The van der Waals surface area contributed by atoms with Crippen molar-refractivity contribution < 1.29 is 0 Å². The number of halogens is 1. The fourth-order valence-corrected chi connectivity index (χ4v) is 2.47. The molecule has 0 saturated heterocycles. The first-order valence-corrected chi connectivity index (χ1v) is 7.17. The van der Waals surface area contributed by atoms with Crippen LogP contribution in [0.3, 0.4) is 0 Å². The topological polar surface area (TPSA) is 25.8 Å². The Morgan fingerprint density at radius 2 is 1.62 bits per heavy atom. The summed E-state index contributed by atoms with van der Waals surface area (Å²) in [6, 6.07) is 0. The second-order valence-electron chi connectivity index (χ2n) is 3.90. The zero-order valence-electron chi connectivity index (χ0n) is 10.2. The highest BCUT2D eigenvalue weighted by atomic mass is 35.5. The number of alkyl halides is 1. The zero-order valence-corrected chi connectivity index (χ0v) is 11.8. The minimum Gasteiger partial charge on any atom is -0.228 e. The van der Waals surface area contributed by atoms with Crippen molar-refractivity contribution in [1.29, 1.82) is 0 Å². The number of unbranched alkanes of at least 4 members (excludes halogenated alkanes) is 2. The van der Waals surface area contributed by atoms with Gasteiger partial charge in [0.15, 0.2) is 5.16 Å². The average molecular weight is 259 g/mol. The molecule has 0 aromatic carbocycles. The standard InChI is InChI=1S/C12H19ClN2S/c1-9-10(2)14-12(15-11(9)3)16-8-6-4-5-7-13/h4-8H2,1-3H3. The first-order chi connectivity index (χ1) is 7.65. The Labute approximate surface area is 107 Å². The van der Waals surface area contributed by atoms with Gasteiger partial charge >= 0.3 is 0 Å². The Kier molecular flexibility index (Phi) is 6.14. The third kappa shape index (κ3) is 4.30. The lowest BCUT2D eigenvalue weighted by Gasteiger charge is -2.06. The molecule has 0 aliphatic rings. The van der Waals surface area contributed by atoms with E-state index in [0.717, 1.165) is 34.6 Å². The van der Waals surface area contributed by atoms with Crippen LogP contribution in [0.5, 0.6) is 0 Å². The Morgan fingerprint density at radius 1 is 1.00 bits per heavy atom. The second-order valence-corrected chi connectivity index (χ2v) is 5.34. The Hall–Kier alpha value is -0.280. The minimum atomic E-state index is 0.768. The van der Waals surface area contributed by atoms with Crippen LogP contribution in [0.2, 0.25) is 0 Å². The SMILES string of the molecule is Cc1nc(SCCCCCCl)nc(C)c1C. The van der Waals surface area contributed by atoms with Crippen LogP contribution < -0.4 is 0 Å². The van der Waals surface area contributed by atoms with Gasteiger partial charge in [0.2, 0.25) is 0 Å². The minimum absolute atomic E-state index is 0.768. The van der Waals surface area contributed by atoms with Crippen molar-refractivity contribution in [3.63, 3.8) is 0 Å². The molecule has 0 aliphatic carbocycles. The molecule has 0 radical (unpaired) electrons. The lowest BCUT2D eigenvalue weighted by Crippen LogP contribution is -1.98. The third-order valence-electron chi connectivity index (χ3n) is 2.62. The van der Waals surface area contributed by atoms with Crippen molar-refractivity contribution in [2.45, 2.75) is 45.2 Å². The van der Waals surface area contributed by atoms with E-state index >= 15 is 0 Å². The smallest absolute Gasteiger partial charge is 0.187 e. The molecule has 0 atom stereocenters. The number of aryl methyl sites for hydroxylation is 2. The highest BCUT2D eigenvalue weighted by molar-refractivity contribution is 7.99. The molecule has 0 amide bonds. The highest BCUT2D eigenvalue weighted by Crippen LogP contribution is 2.18. The van der Waals surface area contributed by atoms with E-state index in [1.54, 1.807) is 11.8 Å². The first-order valence-electron chi connectivity index (χ1n) is 5.65. The van der Waals surface area contributed by atoms with Crippen LogP contribution >= 0.6 is 23.4 Å². The van der Waals surface area contributed by atoms with Gasteiger partial charge in [0, 0.05) is 23.0 Å². The summed E-state index contributed by atoms with van der Waals surface area (Å²) in [6.45, 7) is 6.16. The summed E-state index contributed by atoms with van der Waals surface area (Å²) >= 11 is 7.37. The molecule has 2 nitrogen and oxygen atoms in total. The monoisotopic (exact) mass is 258 g/mol. The van der Waals surface area contributed by atoms with Gasteiger partial charge in [0.1, 0.15) is 0 Å². The molecule has 0 aliphatic heterocycles. The molecule has 0 saturated carbocycles. The maximum atomic E-state index is 5.62. The van der Waals surface area contributed by atoms with Crippen molar-refractivity contribution >= 4 is 23.4 Å². The summed E-state index contributed by atoms with van der Waals surface area (Å²) in [4.78, 5) is 8.95. The van der Waals surface area contributed by atoms with Gasteiger partial charge in [-0.15, -0.1) is 11.6 Å². The quantitative estimate of drug-likeness (QED) is 0.335. The van der Waals surface area contributed by atoms with E-state index in [1.165, 1.54) is 18.4 Å². The highest BCUT2D eigenvalue weighted by Gasteiger charge is 2.04. The molecule has 16 heavy (non-hydrogen) atoms. The number of thioether (sulfide) groups is 1. The van der Waals surface area contributed by atoms with E-state index in [1.807, 2.05) is 13.8 Å². The molecule has 0 unspecified atom stereocenters. The van der Waals surface area contributed by atoms with Gasteiger partial charge in [-0.3, -0.25) is 0 Å². The lowest BCUT2D eigenvalue weighted by molar-refractivity contribution is 0.780. The molecule has 90 valence electrons. The maximum Gasteiger partial charge on any atom is 0.187 e. The van der Waals surface area contributed by atoms with Crippen molar-refractivity contribution in [2.75, 3.05) is 11.6 Å². The Balaban J connectivity index is 2.43. The van der Waals surface area contributed by atoms with Crippen LogP contribution in [0.25, 0.3) is 0 Å². The van der Waals surface area contributed by atoms with Crippen LogP contribution in [-0.2, 0) is 0 Å². The summed E-state index contributed by atoms with van der Waals surface area (Å²) in [6.07, 6.45) is 3.49. The van der Waals surface area contributed by atoms with Gasteiger partial charge in [-0.2, -0.15) is 0 Å². The second kappa shape index (κ2) is 7.13. The summed E-state index contributed by atoms with van der Waals surface area (Å²) in [5, 5.41) is 0.909. The van der Waals surface area contributed by atoms with E-state index in [9.17, 15) is 0 Å². The summed E-state index contributed by atoms with van der Waals surface area (Å²) in [7, 11) is 0.